The summed E-state index contributed by atoms with van der Waals surface area (Å²) in [6.07, 6.45) is 1.55. The quantitative estimate of drug-likeness (QED) is 0.729. The summed E-state index contributed by atoms with van der Waals surface area (Å²) in [5.41, 5.74) is 0.883. The Kier molecular flexibility index (Phi) is 4.90. The monoisotopic (exact) mass is 387 g/mol. The van der Waals surface area contributed by atoms with Crippen molar-refractivity contribution in [2.45, 2.75) is 6.54 Å². The second-order valence-corrected chi connectivity index (χ2v) is 5.94. The van der Waals surface area contributed by atoms with Crippen LogP contribution in [0.15, 0.2) is 68.5 Å². The fourth-order valence-electron chi connectivity index (χ4n) is 2.17. The molecule has 0 aliphatic heterocycles. The molecule has 0 unspecified atom stereocenters. The fourth-order valence-corrected chi connectivity index (χ4v) is 2.57. The van der Waals surface area contributed by atoms with Gasteiger partial charge in [0, 0.05) is 22.6 Å². The van der Waals surface area contributed by atoms with Crippen LogP contribution in [0.4, 0.5) is 0 Å². The Morgan fingerprint density at radius 1 is 1.21 bits per heavy atom. The predicted octanol–water partition coefficient (Wildman–Crippen LogP) is 2.70. The third-order valence-electron chi connectivity index (χ3n) is 3.34. The van der Waals surface area contributed by atoms with Gasteiger partial charge in [-0.2, -0.15) is 5.10 Å². The molecule has 1 aromatic carbocycles. The summed E-state index contributed by atoms with van der Waals surface area (Å²) >= 11 is 3.33. The lowest BCUT2D eigenvalue weighted by Crippen LogP contribution is -2.31. The molecule has 3 aromatic rings. The number of hydrogen-bond acceptors (Lipinski definition) is 4. The van der Waals surface area contributed by atoms with Crippen LogP contribution in [0.3, 0.4) is 0 Å². The van der Waals surface area contributed by atoms with Gasteiger partial charge in [-0.1, -0.05) is 22.0 Å². The van der Waals surface area contributed by atoms with E-state index in [9.17, 15) is 9.59 Å². The van der Waals surface area contributed by atoms with Gasteiger partial charge in [-0.3, -0.25) is 9.59 Å². The molecule has 3 rings (SSSR count). The van der Waals surface area contributed by atoms with Crippen molar-refractivity contribution in [1.29, 1.82) is 0 Å². The second kappa shape index (κ2) is 7.27. The first-order valence-corrected chi connectivity index (χ1v) is 8.08. The molecule has 0 aliphatic rings. The van der Waals surface area contributed by atoms with E-state index in [1.54, 1.807) is 42.7 Å². The summed E-state index contributed by atoms with van der Waals surface area (Å²) in [6, 6.07) is 13.7. The van der Waals surface area contributed by atoms with Gasteiger partial charge in [-0.15, -0.1) is 0 Å². The molecule has 0 fully saturated rings. The molecule has 0 atom stereocenters. The molecule has 24 heavy (non-hydrogen) atoms. The molecule has 0 bridgehead atoms. The lowest BCUT2D eigenvalue weighted by Gasteiger charge is -2.08. The topological polar surface area (TPSA) is 77.1 Å². The lowest BCUT2D eigenvalue weighted by atomic mass is 10.2. The minimum atomic E-state index is -0.234. The Labute approximate surface area is 146 Å². The van der Waals surface area contributed by atoms with Crippen LogP contribution in [-0.2, 0) is 6.54 Å². The first kappa shape index (κ1) is 16.2. The van der Waals surface area contributed by atoms with Crippen molar-refractivity contribution in [2.75, 3.05) is 6.54 Å². The number of carbonyl (C=O) groups is 1. The highest BCUT2D eigenvalue weighted by Crippen LogP contribution is 2.15. The van der Waals surface area contributed by atoms with Crippen LogP contribution in [-0.4, -0.2) is 22.2 Å². The average Bonchev–Trinajstić information content (AvgIpc) is 3.11. The Bertz CT molecular complexity index is 903. The number of halogens is 1. The molecule has 0 saturated heterocycles. The molecule has 0 spiro atoms. The maximum absolute atomic E-state index is 12.1. The summed E-state index contributed by atoms with van der Waals surface area (Å²) in [4.78, 5) is 24.0. The van der Waals surface area contributed by atoms with Crippen LogP contribution >= 0.6 is 15.9 Å². The minimum absolute atomic E-state index is 0.202. The van der Waals surface area contributed by atoms with E-state index in [4.69, 9.17) is 4.42 Å². The van der Waals surface area contributed by atoms with Gasteiger partial charge >= 0.3 is 0 Å². The number of rotatable bonds is 5. The molecule has 0 radical (unpaired) electrons. The standard InChI is InChI=1S/C17H14BrN3O3/c18-13-4-1-3-12(11-13)17(23)19-8-9-21-16(22)7-6-14(20-21)15-5-2-10-24-15/h1-7,10-11H,8-9H2,(H,19,23). The number of amides is 1. The largest absolute Gasteiger partial charge is 0.463 e. The third kappa shape index (κ3) is 3.80. The van der Waals surface area contributed by atoms with E-state index < -0.39 is 0 Å². The molecule has 2 heterocycles. The second-order valence-electron chi connectivity index (χ2n) is 5.02. The van der Waals surface area contributed by atoms with Gasteiger partial charge < -0.3 is 9.73 Å². The van der Waals surface area contributed by atoms with E-state index >= 15 is 0 Å². The first-order chi connectivity index (χ1) is 11.6. The molecule has 1 N–H and O–H groups in total. The Hall–Kier alpha value is -2.67. The van der Waals surface area contributed by atoms with Crippen molar-refractivity contribution in [3.05, 3.63) is 75.2 Å². The fraction of sp³-hybridized carbons (Fsp3) is 0.118. The van der Waals surface area contributed by atoms with Gasteiger partial charge in [0.05, 0.1) is 12.8 Å². The van der Waals surface area contributed by atoms with Crippen LogP contribution in [0.5, 0.6) is 0 Å². The zero-order valence-electron chi connectivity index (χ0n) is 12.6. The maximum atomic E-state index is 12.1. The number of aromatic nitrogens is 2. The molecular weight excluding hydrogens is 374 g/mol. The zero-order valence-corrected chi connectivity index (χ0v) is 14.2. The van der Waals surface area contributed by atoms with Gasteiger partial charge in [-0.05, 0) is 36.4 Å². The zero-order chi connectivity index (χ0) is 16.9. The van der Waals surface area contributed by atoms with Crippen molar-refractivity contribution < 1.29 is 9.21 Å². The molecule has 0 aliphatic carbocycles. The summed E-state index contributed by atoms with van der Waals surface area (Å²) in [5, 5.41) is 7.02. The number of carbonyl (C=O) groups excluding carboxylic acids is 1. The highest BCUT2D eigenvalue weighted by atomic mass is 79.9. The van der Waals surface area contributed by atoms with Gasteiger partial charge in [0.2, 0.25) is 0 Å². The Balaban J connectivity index is 1.65. The summed E-state index contributed by atoms with van der Waals surface area (Å²) in [6.45, 7) is 0.562. The molecule has 7 heteroatoms. The van der Waals surface area contributed by atoms with Gasteiger partial charge in [-0.25, -0.2) is 4.68 Å². The van der Waals surface area contributed by atoms with Crippen LogP contribution in [0, 0.1) is 0 Å². The van der Waals surface area contributed by atoms with Crippen LogP contribution in [0.25, 0.3) is 11.5 Å². The Morgan fingerprint density at radius 3 is 2.83 bits per heavy atom. The van der Waals surface area contributed by atoms with E-state index in [0.717, 1.165) is 4.47 Å². The number of benzene rings is 1. The average molecular weight is 388 g/mol. The SMILES string of the molecule is O=C(NCCn1nc(-c2ccco2)ccc1=O)c1cccc(Br)c1. The molecule has 2 aromatic heterocycles. The Morgan fingerprint density at radius 2 is 2.08 bits per heavy atom. The predicted molar refractivity (Wildman–Crippen MR) is 92.7 cm³/mol. The van der Waals surface area contributed by atoms with Gasteiger partial charge in [0.25, 0.3) is 11.5 Å². The number of furan rings is 1. The van der Waals surface area contributed by atoms with Crippen molar-refractivity contribution in [1.82, 2.24) is 15.1 Å². The van der Waals surface area contributed by atoms with E-state index in [-0.39, 0.29) is 18.0 Å². The molecule has 0 saturated carbocycles. The molecule has 6 nitrogen and oxygen atoms in total. The highest BCUT2D eigenvalue weighted by molar-refractivity contribution is 9.10. The summed E-state index contributed by atoms with van der Waals surface area (Å²) in [5.74, 6) is 0.383. The third-order valence-corrected chi connectivity index (χ3v) is 3.83. The van der Waals surface area contributed by atoms with E-state index in [2.05, 4.69) is 26.3 Å². The van der Waals surface area contributed by atoms with E-state index in [1.165, 1.54) is 10.7 Å². The summed E-state index contributed by atoms with van der Waals surface area (Å²) < 4.78 is 7.41. The van der Waals surface area contributed by atoms with E-state index in [0.29, 0.717) is 23.6 Å². The summed E-state index contributed by atoms with van der Waals surface area (Å²) in [7, 11) is 0. The highest BCUT2D eigenvalue weighted by Gasteiger charge is 2.08. The smallest absolute Gasteiger partial charge is 0.266 e. The number of nitrogens with zero attached hydrogens (tertiary/aromatic N) is 2. The first-order valence-electron chi connectivity index (χ1n) is 7.29. The molecule has 122 valence electrons. The van der Waals surface area contributed by atoms with Gasteiger partial charge in [0.15, 0.2) is 5.76 Å². The van der Waals surface area contributed by atoms with Crippen LogP contribution < -0.4 is 10.9 Å². The molecule has 1 amide bonds. The van der Waals surface area contributed by atoms with Gasteiger partial charge in [0.1, 0.15) is 5.69 Å². The van der Waals surface area contributed by atoms with Crippen molar-refractivity contribution in [2.24, 2.45) is 0 Å². The van der Waals surface area contributed by atoms with Crippen LogP contribution in [0.1, 0.15) is 10.4 Å². The van der Waals surface area contributed by atoms with Crippen molar-refractivity contribution in [3.8, 4) is 11.5 Å². The minimum Gasteiger partial charge on any atom is -0.463 e. The van der Waals surface area contributed by atoms with E-state index in [1.807, 2.05) is 6.07 Å². The number of nitrogens with one attached hydrogen (secondary N) is 1. The normalized spacial score (nSPS) is 10.5. The molecular formula is C17H14BrN3O3. The maximum Gasteiger partial charge on any atom is 0.266 e. The lowest BCUT2D eigenvalue weighted by molar-refractivity contribution is 0.0951. The number of hydrogen-bond donors (Lipinski definition) is 1. The van der Waals surface area contributed by atoms with Crippen molar-refractivity contribution in [3.63, 3.8) is 0 Å². The van der Waals surface area contributed by atoms with Crippen LogP contribution in [0.2, 0.25) is 0 Å². The van der Waals surface area contributed by atoms with Crippen molar-refractivity contribution >= 4 is 21.8 Å².